The molecule has 0 amide bonds. The van der Waals surface area contributed by atoms with Crippen LogP contribution in [0.5, 0.6) is 5.88 Å². The lowest BCUT2D eigenvalue weighted by Gasteiger charge is -2.06. The van der Waals surface area contributed by atoms with Crippen molar-refractivity contribution in [3.63, 3.8) is 0 Å². The molecule has 0 radical (unpaired) electrons. The Morgan fingerprint density at radius 2 is 2.00 bits per heavy atom. The lowest BCUT2D eigenvalue weighted by molar-refractivity contribution is 0.292. The molecule has 0 spiro atoms. The molecule has 2 aromatic rings. The topological polar surface area (TPSA) is 22.1 Å². The number of hydrogen-bond donors (Lipinski definition) is 0. The van der Waals surface area contributed by atoms with Gasteiger partial charge in [0.25, 0.3) is 0 Å². The second-order valence-corrected chi connectivity index (χ2v) is 4.51. The maximum absolute atomic E-state index is 5.79. The fraction of sp³-hybridized carbons (Fsp3) is 0.0833. The maximum Gasteiger partial charge on any atom is 0.228 e. The van der Waals surface area contributed by atoms with Gasteiger partial charge in [0.15, 0.2) is 0 Å². The highest BCUT2D eigenvalue weighted by molar-refractivity contribution is 9.10. The predicted molar refractivity (Wildman–Crippen MR) is 67.7 cm³/mol. The van der Waals surface area contributed by atoms with Gasteiger partial charge in [0.2, 0.25) is 5.88 Å². The SMILES string of the molecule is Clc1cnc(OCc2ccccc2)c(Br)c1. The average Bonchev–Trinajstić information content (AvgIpc) is 2.29. The van der Waals surface area contributed by atoms with Crippen LogP contribution in [0, 0.1) is 0 Å². The van der Waals surface area contributed by atoms with Crippen LogP contribution in [0.1, 0.15) is 5.56 Å². The van der Waals surface area contributed by atoms with Crippen molar-refractivity contribution < 1.29 is 4.74 Å². The van der Waals surface area contributed by atoms with Crippen molar-refractivity contribution >= 4 is 27.5 Å². The first-order valence-corrected chi connectivity index (χ1v) is 5.90. The van der Waals surface area contributed by atoms with Crippen LogP contribution in [0.3, 0.4) is 0 Å². The number of benzene rings is 1. The second kappa shape index (κ2) is 5.32. The Hall–Kier alpha value is -1.06. The summed E-state index contributed by atoms with van der Waals surface area (Å²) in [5.74, 6) is 0.549. The third kappa shape index (κ3) is 2.97. The molecule has 1 heterocycles. The number of aromatic nitrogens is 1. The van der Waals surface area contributed by atoms with E-state index in [1.807, 2.05) is 30.3 Å². The molecule has 0 aliphatic rings. The number of halogens is 2. The molecular formula is C12H9BrClNO. The van der Waals surface area contributed by atoms with E-state index in [-0.39, 0.29) is 0 Å². The lowest BCUT2D eigenvalue weighted by atomic mass is 10.2. The van der Waals surface area contributed by atoms with Crippen LogP contribution in [-0.4, -0.2) is 4.98 Å². The van der Waals surface area contributed by atoms with E-state index in [0.29, 0.717) is 17.5 Å². The van der Waals surface area contributed by atoms with Crippen LogP contribution in [0.4, 0.5) is 0 Å². The van der Waals surface area contributed by atoms with Gasteiger partial charge < -0.3 is 4.74 Å². The van der Waals surface area contributed by atoms with Crippen LogP contribution in [-0.2, 0) is 6.61 Å². The van der Waals surface area contributed by atoms with Crippen molar-refractivity contribution in [3.8, 4) is 5.88 Å². The summed E-state index contributed by atoms with van der Waals surface area (Å²) in [7, 11) is 0. The van der Waals surface area contributed by atoms with E-state index < -0.39 is 0 Å². The van der Waals surface area contributed by atoms with Crippen molar-refractivity contribution in [1.29, 1.82) is 0 Å². The van der Waals surface area contributed by atoms with Crippen LogP contribution in [0.15, 0.2) is 47.1 Å². The zero-order valence-electron chi connectivity index (χ0n) is 8.36. The number of rotatable bonds is 3. The van der Waals surface area contributed by atoms with Crippen LogP contribution in [0.2, 0.25) is 5.02 Å². The van der Waals surface area contributed by atoms with Gasteiger partial charge in [-0.15, -0.1) is 0 Å². The molecule has 0 unspecified atom stereocenters. The first kappa shape index (κ1) is 11.4. The van der Waals surface area contributed by atoms with Crippen molar-refractivity contribution in [3.05, 3.63) is 57.7 Å². The Morgan fingerprint density at radius 3 is 2.69 bits per heavy atom. The molecule has 1 aromatic carbocycles. The summed E-state index contributed by atoms with van der Waals surface area (Å²) in [5.41, 5.74) is 1.10. The lowest BCUT2D eigenvalue weighted by Crippen LogP contribution is -1.97. The van der Waals surface area contributed by atoms with Crippen LogP contribution >= 0.6 is 27.5 Å². The Bertz CT molecular complexity index is 476. The van der Waals surface area contributed by atoms with E-state index in [4.69, 9.17) is 16.3 Å². The third-order valence-corrected chi connectivity index (χ3v) is 2.77. The number of ether oxygens (including phenoxy) is 1. The molecule has 0 N–H and O–H groups in total. The molecule has 4 heteroatoms. The Labute approximate surface area is 107 Å². The maximum atomic E-state index is 5.79. The Kier molecular flexibility index (Phi) is 3.80. The summed E-state index contributed by atoms with van der Waals surface area (Å²) in [6.07, 6.45) is 1.56. The summed E-state index contributed by atoms with van der Waals surface area (Å²) < 4.78 is 6.32. The molecule has 0 atom stereocenters. The standard InChI is InChI=1S/C12H9BrClNO/c13-11-6-10(14)7-15-12(11)16-8-9-4-2-1-3-5-9/h1-7H,8H2. The molecule has 0 bridgehead atoms. The highest BCUT2D eigenvalue weighted by Gasteiger charge is 2.03. The molecule has 16 heavy (non-hydrogen) atoms. The van der Waals surface area contributed by atoms with E-state index in [0.717, 1.165) is 10.0 Å². The first-order chi connectivity index (χ1) is 7.75. The Balaban J connectivity index is 2.05. The molecule has 0 fully saturated rings. The molecule has 82 valence electrons. The monoisotopic (exact) mass is 297 g/mol. The number of nitrogens with zero attached hydrogens (tertiary/aromatic N) is 1. The molecule has 0 saturated carbocycles. The van der Waals surface area contributed by atoms with Gasteiger partial charge in [-0.05, 0) is 27.6 Å². The van der Waals surface area contributed by atoms with Gasteiger partial charge in [-0.2, -0.15) is 0 Å². The second-order valence-electron chi connectivity index (χ2n) is 3.21. The normalized spacial score (nSPS) is 10.1. The van der Waals surface area contributed by atoms with Crippen molar-refractivity contribution in [2.75, 3.05) is 0 Å². The fourth-order valence-electron chi connectivity index (χ4n) is 1.23. The minimum atomic E-state index is 0.494. The smallest absolute Gasteiger partial charge is 0.228 e. The number of pyridine rings is 1. The van der Waals surface area contributed by atoms with Crippen LogP contribution < -0.4 is 4.74 Å². The largest absolute Gasteiger partial charge is 0.472 e. The summed E-state index contributed by atoms with van der Waals surface area (Å²) in [6, 6.07) is 11.7. The molecule has 0 aliphatic carbocycles. The molecular weight excluding hydrogens is 289 g/mol. The van der Waals surface area contributed by atoms with Gasteiger partial charge in [0.1, 0.15) is 6.61 Å². The van der Waals surface area contributed by atoms with Crippen molar-refractivity contribution in [1.82, 2.24) is 4.98 Å². The van der Waals surface area contributed by atoms with Gasteiger partial charge in [-0.25, -0.2) is 4.98 Å². The van der Waals surface area contributed by atoms with Gasteiger partial charge >= 0.3 is 0 Å². The summed E-state index contributed by atoms with van der Waals surface area (Å²) in [5, 5.41) is 0.582. The highest BCUT2D eigenvalue weighted by atomic mass is 79.9. The minimum absolute atomic E-state index is 0.494. The van der Waals surface area contributed by atoms with Crippen molar-refractivity contribution in [2.45, 2.75) is 6.61 Å². The fourth-order valence-corrected chi connectivity index (χ4v) is 1.99. The highest BCUT2D eigenvalue weighted by Crippen LogP contribution is 2.25. The minimum Gasteiger partial charge on any atom is -0.472 e. The van der Waals surface area contributed by atoms with Gasteiger partial charge in [-0.1, -0.05) is 41.9 Å². The summed E-state index contributed by atoms with van der Waals surface area (Å²) >= 11 is 9.13. The zero-order chi connectivity index (χ0) is 11.4. The van der Waals surface area contributed by atoms with E-state index in [9.17, 15) is 0 Å². The zero-order valence-corrected chi connectivity index (χ0v) is 10.7. The van der Waals surface area contributed by atoms with E-state index >= 15 is 0 Å². The number of hydrogen-bond acceptors (Lipinski definition) is 2. The van der Waals surface area contributed by atoms with E-state index in [2.05, 4.69) is 20.9 Å². The quantitative estimate of drug-likeness (QED) is 0.852. The summed E-state index contributed by atoms with van der Waals surface area (Å²) in [6.45, 7) is 0.494. The van der Waals surface area contributed by atoms with Gasteiger partial charge in [-0.3, -0.25) is 0 Å². The van der Waals surface area contributed by atoms with E-state index in [1.165, 1.54) is 0 Å². The summed E-state index contributed by atoms with van der Waals surface area (Å²) in [4.78, 5) is 4.09. The first-order valence-electron chi connectivity index (χ1n) is 4.73. The third-order valence-electron chi connectivity index (χ3n) is 1.99. The molecule has 1 aromatic heterocycles. The van der Waals surface area contributed by atoms with E-state index in [1.54, 1.807) is 12.3 Å². The molecule has 2 nitrogen and oxygen atoms in total. The van der Waals surface area contributed by atoms with Crippen molar-refractivity contribution in [2.24, 2.45) is 0 Å². The molecule has 0 saturated heterocycles. The average molecular weight is 299 g/mol. The molecule has 0 aliphatic heterocycles. The molecule has 2 rings (SSSR count). The predicted octanol–water partition coefficient (Wildman–Crippen LogP) is 4.08. The van der Waals surface area contributed by atoms with Crippen LogP contribution in [0.25, 0.3) is 0 Å². The van der Waals surface area contributed by atoms with Gasteiger partial charge in [0.05, 0.1) is 9.50 Å². The van der Waals surface area contributed by atoms with Gasteiger partial charge in [0, 0.05) is 6.20 Å². The Morgan fingerprint density at radius 1 is 1.25 bits per heavy atom.